The Balaban J connectivity index is 3.30. The van der Waals surface area contributed by atoms with Crippen LogP contribution < -0.4 is 16.4 Å². The lowest BCUT2D eigenvalue weighted by atomic mass is 10.2. The summed E-state index contributed by atoms with van der Waals surface area (Å²) < 4.78 is 0. The van der Waals surface area contributed by atoms with Gasteiger partial charge in [0.05, 0.1) is 6.42 Å². The van der Waals surface area contributed by atoms with Gasteiger partial charge in [-0.2, -0.15) is 0 Å². The molecule has 0 heterocycles. The molecule has 0 saturated carbocycles. The molecule has 0 aromatic rings. The average molecular weight is 231 g/mol. The van der Waals surface area contributed by atoms with Gasteiger partial charge in [0.2, 0.25) is 5.91 Å². The number of hydrogen-bond donors (Lipinski definition) is 4. The molecule has 92 valence electrons. The first-order chi connectivity index (χ1) is 7.52. The van der Waals surface area contributed by atoms with Crippen LogP contribution in [0.15, 0.2) is 0 Å². The van der Waals surface area contributed by atoms with Gasteiger partial charge in [0.1, 0.15) is 0 Å². The largest absolute Gasteiger partial charge is 0.481 e. The highest BCUT2D eigenvalue weighted by Gasteiger charge is 2.01. The Labute approximate surface area is 93.4 Å². The van der Waals surface area contributed by atoms with E-state index in [-0.39, 0.29) is 18.9 Å². The maximum atomic E-state index is 11.0. The predicted octanol–water partition coefficient (Wildman–Crippen LogP) is -0.584. The molecule has 7 nitrogen and oxygen atoms in total. The van der Waals surface area contributed by atoms with Gasteiger partial charge in [-0.1, -0.05) is 0 Å². The van der Waals surface area contributed by atoms with Gasteiger partial charge >= 0.3 is 12.0 Å². The normalized spacial score (nSPS) is 9.50. The van der Waals surface area contributed by atoms with Crippen LogP contribution in [-0.4, -0.2) is 36.1 Å². The Bertz CT molecular complexity index is 255. The molecule has 0 rings (SSSR count). The molecule has 0 bridgehead atoms. The number of rotatable bonds is 8. The van der Waals surface area contributed by atoms with Crippen LogP contribution >= 0.6 is 0 Å². The Morgan fingerprint density at radius 2 is 1.62 bits per heavy atom. The second-order valence-corrected chi connectivity index (χ2v) is 3.25. The molecule has 0 aliphatic rings. The van der Waals surface area contributed by atoms with Gasteiger partial charge in [-0.05, 0) is 12.8 Å². The van der Waals surface area contributed by atoms with E-state index in [9.17, 15) is 14.4 Å². The number of amides is 3. The van der Waals surface area contributed by atoms with E-state index >= 15 is 0 Å². The summed E-state index contributed by atoms with van der Waals surface area (Å²) in [5.74, 6) is -1.31. The van der Waals surface area contributed by atoms with Gasteiger partial charge in [-0.25, -0.2) is 4.79 Å². The second kappa shape index (κ2) is 8.51. The number of nitrogens with two attached hydrogens (primary N) is 1. The minimum absolute atomic E-state index is 0.0997. The molecular weight excluding hydrogens is 214 g/mol. The van der Waals surface area contributed by atoms with Crippen LogP contribution in [0.25, 0.3) is 0 Å². The lowest BCUT2D eigenvalue weighted by Crippen LogP contribution is -2.37. The molecule has 0 spiro atoms. The summed E-state index contributed by atoms with van der Waals surface area (Å²) in [5, 5.41) is 13.2. The smallest absolute Gasteiger partial charge is 0.314 e. The third-order valence-electron chi connectivity index (χ3n) is 1.76. The molecule has 0 atom stereocenters. The quantitative estimate of drug-likeness (QED) is 0.417. The number of aliphatic carboxylic acids is 1. The first-order valence-corrected chi connectivity index (χ1v) is 5.04. The number of nitrogens with one attached hydrogen (secondary N) is 2. The molecule has 5 N–H and O–H groups in total. The van der Waals surface area contributed by atoms with Crippen LogP contribution in [0.5, 0.6) is 0 Å². The van der Waals surface area contributed by atoms with Crippen molar-refractivity contribution in [1.82, 2.24) is 10.6 Å². The summed E-state index contributed by atoms with van der Waals surface area (Å²) in [6.07, 6.45) is 1.50. The maximum absolute atomic E-state index is 11.0. The van der Waals surface area contributed by atoms with Crippen molar-refractivity contribution in [3.05, 3.63) is 0 Å². The van der Waals surface area contributed by atoms with E-state index in [1.807, 2.05) is 0 Å². The molecule has 3 amide bonds. The number of primary amides is 1. The van der Waals surface area contributed by atoms with Crippen molar-refractivity contribution in [2.75, 3.05) is 13.1 Å². The van der Waals surface area contributed by atoms with Crippen molar-refractivity contribution < 1.29 is 19.5 Å². The molecule has 7 heteroatoms. The van der Waals surface area contributed by atoms with Crippen molar-refractivity contribution >= 4 is 17.9 Å². The summed E-state index contributed by atoms with van der Waals surface area (Å²) in [6, 6.07) is -0.402. The summed E-state index contributed by atoms with van der Waals surface area (Å²) in [6.45, 7) is 0.536. The van der Waals surface area contributed by atoms with Crippen LogP contribution in [0.2, 0.25) is 0 Å². The Morgan fingerprint density at radius 1 is 1.00 bits per heavy atom. The zero-order valence-electron chi connectivity index (χ0n) is 8.99. The van der Waals surface area contributed by atoms with Crippen molar-refractivity contribution in [3.8, 4) is 0 Å². The fourth-order valence-corrected chi connectivity index (χ4v) is 0.972. The van der Waals surface area contributed by atoms with Gasteiger partial charge in [0, 0.05) is 19.5 Å². The lowest BCUT2D eigenvalue weighted by molar-refractivity contribution is -0.136. The Hall–Kier alpha value is -1.79. The number of carbonyl (C=O) groups is 3. The predicted molar refractivity (Wildman–Crippen MR) is 56.7 cm³/mol. The van der Waals surface area contributed by atoms with Crippen LogP contribution in [0, 0.1) is 0 Å². The standard InChI is InChI=1S/C9H17N3O4/c10-7(13)3-1-2-5-11-9(16)12-6-4-8(14)15/h1-6H2,(H2,10,13)(H,14,15)(H2,11,12,16). The van der Waals surface area contributed by atoms with Gasteiger partial charge in [0.15, 0.2) is 0 Å². The van der Waals surface area contributed by atoms with E-state index in [0.29, 0.717) is 25.8 Å². The van der Waals surface area contributed by atoms with E-state index in [2.05, 4.69) is 10.6 Å². The fourth-order valence-electron chi connectivity index (χ4n) is 0.972. The van der Waals surface area contributed by atoms with Crippen molar-refractivity contribution in [2.24, 2.45) is 5.73 Å². The number of carboxylic acid groups (broad SMARTS) is 1. The highest BCUT2D eigenvalue weighted by atomic mass is 16.4. The van der Waals surface area contributed by atoms with E-state index in [1.165, 1.54) is 0 Å². The highest BCUT2D eigenvalue weighted by molar-refractivity contribution is 5.75. The third-order valence-corrected chi connectivity index (χ3v) is 1.76. The Kier molecular flexibility index (Phi) is 7.56. The summed E-state index contributed by atoms with van der Waals surface area (Å²) in [5.41, 5.74) is 4.93. The average Bonchev–Trinajstić information content (AvgIpc) is 2.16. The van der Waals surface area contributed by atoms with Gasteiger partial charge in [0.25, 0.3) is 0 Å². The molecule has 0 aromatic heterocycles. The summed E-state index contributed by atoms with van der Waals surface area (Å²) >= 11 is 0. The molecule has 0 saturated heterocycles. The third kappa shape index (κ3) is 10.3. The molecular formula is C9H17N3O4. The summed E-state index contributed by atoms with van der Waals surface area (Å²) in [7, 11) is 0. The number of carboxylic acids is 1. The number of hydrogen-bond acceptors (Lipinski definition) is 3. The highest BCUT2D eigenvalue weighted by Crippen LogP contribution is 1.91. The van der Waals surface area contributed by atoms with Gasteiger partial charge in [-0.15, -0.1) is 0 Å². The van der Waals surface area contributed by atoms with E-state index in [0.717, 1.165) is 0 Å². The SMILES string of the molecule is NC(=O)CCCCNC(=O)NCCC(=O)O. The van der Waals surface area contributed by atoms with Crippen molar-refractivity contribution in [3.63, 3.8) is 0 Å². The van der Waals surface area contributed by atoms with E-state index in [4.69, 9.17) is 10.8 Å². The molecule has 0 aliphatic carbocycles. The second-order valence-electron chi connectivity index (χ2n) is 3.25. The van der Waals surface area contributed by atoms with Crippen molar-refractivity contribution in [1.29, 1.82) is 0 Å². The number of unbranched alkanes of at least 4 members (excludes halogenated alkanes) is 1. The molecule has 0 aliphatic heterocycles. The topological polar surface area (TPSA) is 122 Å². The van der Waals surface area contributed by atoms with E-state index < -0.39 is 12.0 Å². The lowest BCUT2D eigenvalue weighted by Gasteiger charge is -2.05. The van der Waals surface area contributed by atoms with Crippen LogP contribution in [0.1, 0.15) is 25.7 Å². The minimum atomic E-state index is -0.957. The minimum Gasteiger partial charge on any atom is -0.481 e. The molecule has 0 unspecified atom stereocenters. The van der Waals surface area contributed by atoms with Crippen LogP contribution in [-0.2, 0) is 9.59 Å². The Morgan fingerprint density at radius 3 is 2.19 bits per heavy atom. The molecule has 0 aromatic carbocycles. The zero-order valence-corrected chi connectivity index (χ0v) is 8.99. The van der Waals surface area contributed by atoms with Crippen molar-refractivity contribution in [2.45, 2.75) is 25.7 Å². The number of carbonyl (C=O) groups excluding carboxylic acids is 2. The zero-order chi connectivity index (χ0) is 12.4. The van der Waals surface area contributed by atoms with Gasteiger partial charge in [-0.3, -0.25) is 9.59 Å². The monoisotopic (exact) mass is 231 g/mol. The molecule has 0 fully saturated rings. The molecule has 0 radical (unpaired) electrons. The fraction of sp³-hybridized carbons (Fsp3) is 0.667. The van der Waals surface area contributed by atoms with E-state index in [1.54, 1.807) is 0 Å². The first kappa shape index (κ1) is 14.2. The molecule has 16 heavy (non-hydrogen) atoms. The summed E-state index contributed by atoms with van der Waals surface area (Å²) in [4.78, 5) is 31.5. The number of urea groups is 1. The maximum Gasteiger partial charge on any atom is 0.314 e. The van der Waals surface area contributed by atoms with Gasteiger partial charge < -0.3 is 21.5 Å². The van der Waals surface area contributed by atoms with Crippen LogP contribution in [0.4, 0.5) is 4.79 Å². The van der Waals surface area contributed by atoms with Crippen LogP contribution in [0.3, 0.4) is 0 Å². The first-order valence-electron chi connectivity index (χ1n) is 5.04.